The molecule has 0 aliphatic carbocycles. The average Bonchev–Trinajstić information content (AvgIpc) is 2.52. The van der Waals surface area contributed by atoms with E-state index in [0.29, 0.717) is 16.5 Å². The lowest BCUT2D eigenvalue weighted by Gasteiger charge is -2.10. The summed E-state index contributed by atoms with van der Waals surface area (Å²) in [5.41, 5.74) is 3.01. The fraction of sp³-hybridized carbons (Fsp3) is 0.316. The van der Waals surface area contributed by atoms with E-state index in [0.717, 1.165) is 24.0 Å². The molecule has 0 fully saturated rings. The summed E-state index contributed by atoms with van der Waals surface area (Å²) in [7, 11) is 0. The Morgan fingerprint density at radius 3 is 2.22 bits per heavy atom. The van der Waals surface area contributed by atoms with E-state index in [1.807, 2.05) is 38.1 Å². The van der Waals surface area contributed by atoms with Gasteiger partial charge in [-0.05, 0) is 61.2 Å². The molecular formula is C19H21ClO3. The van der Waals surface area contributed by atoms with Crippen LogP contribution in [0.5, 0.6) is 11.5 Å². The summed E-state index contributed by atoms with van der Waals surface area (Å²) in [6.07, 6.45) is 2.14. The number of esters is 1. The van der Waals surface area contributed by atoms with Crippen molar-refractivity contribution in [2.45, 2.75) is 33.6 Å². The molecule has 2 aromatic rings. The molecule has 4 heteroatoms. The van der Waals surface area contributed by atoms with E-state index in [1.165, 1.54) is 5.56 Å². The summed E-state index contributed by atoms with van der Waals surface area (Å²) in [6, 6.07) is 11.2. The first-order valence-corrected chi connectivity index (χ1v) is 8.06. The zero-order valence-corrected chi connectivity index (χ0v) is 14.4. The van der Waals surface area contributed by atoms with Crippen LogP contribution in [0.4, 0.5) is 0 Å². The number of halogens is 1. The van der Waals surface area contributed by atoms with Crippen molar-refractivity contribution >= 4 is 17.6 Å². The Kier molecular flexibility index (Phi) is 6.05. The average molecular weight is 333 g/mol. The molecule has 2 rings (SSSR count). The fourth-order valence-electron chi connectivity index (χ4n) is 2.31. The lowest BCUT2D eigenvalue weighted by atomic mass is 10.1. The Morgan fingerprint density at radius 2 is 1.65 bits per heavy atom. The highest BCUT2D eigenvalue weighted by atomic mass is 35.5. The number of carbonyl (C=O) groups is 1. The van der Waals surface area contributed by atoms with E-state index in [2.05, 4.69) is 6.92 Å². The van der Waals surface area contributed by atoms with E-state index >= 15 is 0 Å². The summed E-state index contributed by atoms with van der Waals surface area (Å²) < 4.78 is 10.7. The third-order valence-corrected chi connectivity index (χ3v) is 4.06. The number of hydrogen-bond donors (Lipinski definition) is 0. The minimum atomic E-state index is -0.441. The topological polar surface area (TPSA) is 35.5 Å². The van der Waals surface area contributed by atoms with Gasteiger partial charge >= 0.3 is 5.97 Å². The lowest BCUT2D eigenvalue weighted by Crippen LogP contribution is -2.17. The van der Waals surface area contributed by atoms with Crippen molar-refractivity contribution in [1.29, 1.82) is 0 Å². The first-order valence-electron chi connectivity index (χ1n) is 7.68. The monoisotopic (exact) mass is 332 g/mol. The van der Waals surface area contributed by atoms with E-state index in [4.69, 9.17) is 21.1 Å². The standard InChI is InChI=1S/C19H21ClO3/c1-4-5-15-6-8-16(9-7-15)22-12-18(21)23-17-10-13(2)19(20)14(3)11-17/h6-11H,4-5,12H2,1-3H3. The summed E-state index contributed by atoms with van der Waals surface area (Å²) in [4.78, 5) is 11.9. The highest BCUT2D eigenvalue weighted by Crippen LogP contribution is 2.26. The molecule has 0 heterocycles. The number of aryl methyl sites for hydroxylation is 3. The quantitative estimate of drug-likeness (QED) is 0.558. The van der Waals surface area contributed by atoms with E-state index in [-0.39, 0.29) is 6.61 Å². The summed E-state index contributed by atoms with van der Waals surface area (Å²) in [6.45, 7) is 5.76. The molecule has 23 heavy (non-hydrogen) atoms. The number of rotatable bonds is 6. The summed E-state index contributed by atoms with van der Waals surface area (Å²) in [5.74, 6) is 0.699. The molecule has 0 saturated heterocycles. The Labute approximate surface area is 142 Å². The van der Waals surface area contributed by atoms with Gasteiger partial charge in [-0.3, -0.25) is 0 Å². The Morgan fingerprint density at radius 1 is 1.04 bits per heavy atom. The molecule has 0 atom stereocenters. The smallest absolute Gasteiger partial charge is 0.349 e. The van der Waals surface area contributed by atoms with Gasteiger partial charge < -0.3 is 9.47 Å². The van der Waals surface area contributed by atoms with E-state index in [9.17, 15) is 4.79 Å². The van der Waals surface area contributed by atoms with Crippen molar-refractivity contribution in [3.8, 4) is 11.5 Å². The minimum Gasteiger partial charge on any atom is -0.482 e. The molecule has 0 radical (unpaired) electrons. The maximum Gasteiger partial charge on any atom is 0.349 e. The van der Waals surface area contributed by atoms with Gasteiger partial charge in [0, 0.05) is 5.02 Å². The van der Waals surface area contributed by atoms with Gasteiger partial charge in [-0.2, -0.15) is 0 Å². The van der Waals surface area contributed by atoms with E-state index in [1.54, 1.807) is 12.1 Å². The third-order valence-electron chi connectivity index (χ3n) is 3.46. The maximum absolute atomic E-state index is 11.9. The second-order valence-electron chi connectivity index (χ2n) is 5.53. The third kappa shape index (κ3) is 5.00. The summed E-state index contributed by atoms with van der Waals surface area (Å²) >= 11 is 6.10. The highest BCUT2D eigenvalue weighted by molar-refractivity contribution is 6.32. The molecule has 0 N–H and O–H groups in total. The van der Waals surface area contributed by atoms with Gasteiger partial charge in [-0.25, -0.2) is 4.79 Å². The van der Waals surface area contributed by atoms with Crippen LogP contribution in [-0.4, -0.2) is 12.6 Å². The van der Waals surface area contributed by atoms with Gasteiger partial charge in [-0.1, -0.05) is 37.1 Å². The number of carbonyl (C=O) groups excluding carboxylic acids is 1. The number of hydrogen-bond acceptors (Lipinski definition) is 3. The second-order valence-corrected chi connectivity index (χ2v) is 5.91. The molecule has 0 bridgehead atoms. The van der Waals surface area contributed by atoms with Crippen molar-refractivity contribution in [2.75, 3.05) is 6.61 Å². The molecule has 122 valence electrons. The van der Waals surface area contributed by atoms with Crippen LogP contribution in [0, 0.1) is 13.8 Å². The zero-order chi connectivity index (χ0) is 16.8. The lowest BCUT2D eigenvalue weighted by molar-refractivity contribution is -0.136. The van der Waals surface area contributed by atoms with Crippen LogP contribution in [0.3, 0.4) is 0 Å². The van der Waals surface area contributed by atoms with Gasteiger partial charge in [0.1, 0.15) is 11.5 Å². The van der Waals surface area contributed by atoms with Crippen LogP contribution in [0.15, 0.2) is 36.4 Å². The van der Waals surface area contributed by atoms with E-state index < -0.39 is 5.97 Å². The predicted octanol–water partition coefficient (Wildman–Crippen LogP) is 4.89. The van der Waals surface area contributed by atoms with Crippen molar-refractivity contribution in [2.24, 2.45) is 0 Å². The molecule has 0 aliphatic heterocycles. The second kappa shape index (κ2) is 8.02. The Bertz CT molecular complexity index is 655. The van der Waals surface area contributed by atoms with Crippen molar-refractivity contribution < 1.29 is 14.3 Å². The number of ether oxygens (including phenoxy) is 2. The Hall–Kier alpha value is -2.00. The van der Waals surface area contributed by atoms with Crippen LogP contribution in [-0.2, 0) is 11.2 Å². The van der Waals surface area contributed by atoms with Gasteiger partial charge in [0.05, 0.1) is 0 Å². The Balaban J connectivity index is 1.90. The largest absolute Gasteiger partial charge is 0.482 e. The van der Waals surface area contributed by atoms with Gasteiger partial charge in [0.2, 0.25) is 0 Å². The minimum absolute atomic E-state index is 0.131. The number of benzene rings is 2. The van der Waals surface area contributed by atoms with Crippen LogP contribution < -0.4 is 9.47 Å². The van der Waals surface area contributed by atoms with Crippen LogP contribution in [0.2, 0.25) is 5.02 Å². The first-order chi connectivity index (χ1) is 11.0. The first kappa shape index (κ1) is 17.4. The molecular weight excluding hydrogens is 312 g/mol. The van der Waals surface area contributed by atoms with Crippen molar-refractivity contribution in [1.82, 2.24) is 0 Å². The molecule has 3 nitrogen and oxygen atoms in total. The van der Waals surface area contributed by atoms with Crippen molar-refractivity contribution in [3.05, 3.63) is 58.1 Å². The maximum atomic E-state index is 11.9. The van der Waals surface area contributed by atoms with Gasteiger partial charge in [0.15, 0.2) is 6.61 Å². The molecule has 0 spiro atoms. The highest BCUT2D eigenvalue weighted by Gasteiger charge is 2.09. The van der Waals surface area contributed by atoms with Crippen LogP contribution >= 0.6 is 11.6 Å². The summed E-state index contributed by atoms with van der Waals surface area (Å²) in [5, 5.41) is 0.688. The van der Waals surface area contributed by atoms with Crippen LogP contribution in [0.25, 0.3) is 0 Å². The van der Waals surface area contributed by atoms with Gasteiger partial charge in [-0.15, -0.1) is 0 Å². The van der Waals surface area contributed by atoms with Crippen molar-refractivity contribution in [3.63, 3.8) is 0 Å². The molecule has 2 aromatic carbocycles. The molecule has 0 amide bonds. The fourth-order valence-corrected chi connectivity index (χ4v) is 2.42. The van der Waals surface area contributed by atoms with Gasteiger partial charge in [0.25, 0.3) is 0 Å². The molecule has 0 aromatic heterocycles. The predicted molar refractivity (Wildman–Crippen MR) is 92.5 cm³/mol. The SMILES string of the molecule is CCCc1ccc(OCC(=O)Oc2cc(C)c(Cl)c(C)c2)cc1. The van der Waals surface area contributed by atoms with Crippen LogP contribution in [0.1, 0.15) is 30.0 Å². The normalized spacial score (nSPS) is 10.4. The molecule has 0 saturated carbocycles. The molecule has 0 aliphatic rings. The zero-order valence-electron chi connectivity index (χ0n) is 13.7. The molecule has 0 unspecified atom stereocenters.